The predicted molar refractivity (Wildman–Crippen MR) is 118 cm³/mol. The van der Waals surface area contributed by atoms with Crippen molar-refractivity contribution >= 4 is 11.6 Å². The molecule has 0 N–H and O–H groups in total. The number of aromatic nitrogens is 1. The molecule has 1 aliphatic rings. The van der Waals surface area contributed by atoms with Crippen LogP contribution in [0.5, 0.6) is 0 Å². The zero-order chi connectivity index (χ0) is 19.7. The van der Waals surface area contributed by atoms with Crippen LogP contribution in [0.15, 0.2) is 66.9 Å². The molecule has 0 bridgehead atoms. The highest BCUT2D eigenvalue weighted by atomic mass is 35.5. The van der Waals surface area contributed by atoms with E-state index >= 15 is 0 Å². The number of aryl methyl sites for hydroxylation is 1. The minimum atomic E-state index is 0.175. The van der Waals surface area contributed by atoms with E-state index < -0.39 is 0 Å². The fraction of sp³-hybridized carbons (Fsp3) is 0.360. The summed E-state index contributed by atoms with van der Waals surface area (Å²) in [6, 6.07) is 22.0. The minimum Gasteiger partial charge on any atom is -0.350 e. The Balaban J connectivity index is 1.69. The van der Waals surface area contributed by atoms with Crippen molar-refractivity contribution in [1.29, 1.82) is 0 Å². The third-order valence-electron chi connectivity index (χ3n) is 5.76. The van der Waals surface area contributed by atoms with Crippen molar-refractivity contribution in [1.82, 2.24) is 9.47 Å². The van der Waals surface area contributed by atoms with Crippen molar-refractivity contribution in [3.63, 3.8) is 0 Å². The van der Waals surface area contributed by atoms with Gasteiger partial charge < -0.3 is 4.57 Å². The van der Waals surface area contributed by atoms with E-state index in [1.54, 1.807) is 0 Å². The van der Waals surface area contributed by atoms with Crippen LogP contribution in [-0.2, 0) is 18.5 Å². The number of benzene rings is 2. The van der Waals surface area contributed by atoms with Crippen molar-refractivity contribution in [3.8, 4) is 0 Å². The second-order valence-corrected chi connectivity index (χ2v) is 9.23. The highest BCUT2D eigenvalue weighted by Crippen LogP contribution is 2.36. The molecule has 0 fully saturated rings. The summed E-state index contributed by atoms with van der Waals surface area (Å²) in [7, 11) is 0. The molecule has 3 aromatic rings. The van der Waals surface area contributed by atoms with Gasteiger partial charge in [0.2, 0.25) is 0 Å². The van der Waals surface area contributed by atoms with Gasteiger partial charge in [-0.3, -0.25) is 4.90 Å². The minimum absolute atomic E-state index is 0.175. The summed E-state index contributed by atoms with van der Waals surface area (Å²) in [5.41, 5.74) is 5.44. The number of hydrogen-bond donors (Lipinski definition) is 0. The van der Waals surface area contributed by atoms with E-state index in [2.05, 4.69) is 85.0 Å². The number of hydrogen-bond acceptors (Lipinski definition) is 1. The van der Waals surface area contributed by atoms with Crippen LogP contribution in [0.3, 0.4) is 0 Å². The third kappa shape index (κ3) is 3.90. The highest BCUT2D eigenvalue weighted by Gasteiger charge is 2.28. The molecule has 3 heteroatoms. The van der Waals surface area contributed by atoms with Crippen LogP contribution in [0.2, 0.25) is 5.02 Å². The van der Waals surface area contributed by atoms with E-state index in [-0.39, 0.29) is 11.5 Å². The van der Waals surface area contributed by atoms with E-state index in [9.17, 15) is 0 Å². The first-order chi connectivity index (χ1) is 13.4. The third-order valence-corrected chi connectivity index (χ3v) is 6.10. The average Bonchev–Trinajstić information content (AvgIpc) is 3.04. The summed E-state index contributed by atoms with van der Waals surface area (Å²) < 4.78 is 2.39. The summed E-state index contributed by atoms with van der Waals surface area (Å²) in [5, 5.41) is 0.843. The SMILES string of the molecule is CC(C)(C)c1ccc(CN2CCCn3cccc3C2c2ccccc2Cl)cc1. The van der Waals surface area contributed by atoms with Crippen molar-refractivity contribution in [2.24, 2.45) is 0 Å². The van der Waals surface area contributed by atoms with Crippen LogP contribution in [-0.4, -0.2) is 16.0 Å². The standard InChI is InChI=1S/C25H29ClN2/c1-25(2,3)20-13-11-19(12-14-20)18-28-17-7-16-27-15-6-10-23(27)24(28)21-8-4-5-9-22(21)26/h4-6,8-15,24H,7,16-18H2,1-3H3. The van der Waals surface area contributed by atoms with Crippen molar-refractivity contribution in [3.05, 3.63) is 94.3 Å². The molecule has 4 rings (SSSR count). The van der Waals surface area contributed by atoms with Gasteiger partial charge in [-0.25, -0.2) is 0 Å². The fourth-order valence-electron chi connectivity index (χ4n) is 4.21. The number of nitrogens with zero attached hydrogens (tertiary/aromatic N) is 2. The van der Waals surface area contributed by atoms with Crippen LogP contribution in [0.25, 0.3) is 0 Å². The molecular weight excluding hydrogens is 364 g/mol. The summed E-state index contributed by atoms with van der Waals surface area (Å²) in [4.78, 5) is 2.58. The van der Waals surface area contributed by atoms with Crippen LogP contribution in [0.4, 0.5) is 0 Å². The first kappa shape index (κ1) is 19.3. The Bertz CT molecular complexity index is 934. The topological polar surface area (TPSA) is 8.17 Å². The monoisotopic (exact) mass is 392 g/mol. The molecule has 0 saturated heterocycles. The molecule has 2 aromatic carbocycles. The molecule has 2 nitrogen and oxygen atoms in total. The second-order valence-electron chi connectivity index (χ2n) is 8.82. The normalized spacial score (nSPS) is 17.9. The molecule has 0 spiro atoms. The van der Waals surface area contributed by atoms with Gasteiger partial charge in [-0.15, -0.1) is 0 Å². The maximum atomic E-state index is 6.65. The van der Waals surface area contributed by atoms with E-state index in [0.717, 1.165) is 31.1 Å². The lowest BCUT2D eigenvalue weighted by atomic mass is 9.86. The molecule has 1 aromatic heterocycles. The van der Waals surface area contributed by atoms with Gasteiger partial charge in [-0.2, -0.15) is 0 Å². The molecule has 1 unspecified atom stereocenters. The summed E-state index contributed by atoms with van der Waals surface area (Å²) in [5.74, 6) is 0. The van der Waals surface area contributed by atoms with Crippen molar-refractivity contribution in [2.45, 2.75) is 51.7 Å². The molecule has 1 aliphatic heterocycles. The van der Waals surface area contributed by atoms with E-state index in [0.29, 0.717) is 0 Å². The Morgan fingerprint density at radius 2 is 1.68 bits per heavy atom. The van der Waals surface area contributed by atoms with E-state index in [1.165, 1.54) is 22.4 Å². The Hall–Kier alpha value is -2.03. The molecule has 28 heavy (non-hydrogen) atoms. The molecular formula is C25H29ClN2. The molecule has 0 amide bonds. The van der Waals surface area contributed by atoms with Gasteiger partial charge in [0, 0.05) is 36.5 Å². The Morgan fingerprint density at radius 1 is 0.929 bits per heavy atom. The fourth-order valence-corrected chi connectivity index (χ4v) is 4.45. The second kappa shape index (κ2) is 7.77. The van der Waals surface area contributed by atoms with Gasteiger partial charge in [-0.05, 0) is 46.7 Å². The lowest BCUT2D eigenvalue weighted by Crippen LogP contribution is -2.29. The van der Waals surface area contributed by atoms with Gasteiger partial charge in [0.15, 0.2) is 0 Å². The van der Waals surface area contributed by atoms with E-state index in [4.69, 9.17) is 11.6 Å². The molecule has 2 heterocycles. The van der Waals surface area contributed by atoms with Gasteiger partial charge in [-0.1, -0.05) is 74.8 Å². The number of rotatable bonds is 3. The summed E-state index contributed by atoms with van der Waals surface area (Å²) in [6.45, 7) is 9.82. The Morgan fingerprint density at radius 3 is 2.39 bits per heavy atom. The quantitative estimate of drug-likeness (QED) is 0.498. The zero-order valence-electron chi connectivity index (χ0n) is 17.0. The molecule has 0 radical (unpaired) electrons. The number of halogens is 1. The first-order valence-electron chi connectivity index (χ1n) is 10.2. The Kier molecular flexibility index (Phi) is 5.35. The first-order valence-corrected chi connectivity index (χ1v) is 10.5. The lowest BCUT2D eigenvalue weighted by Gasteiger charge is -2.31. The van der Waals surface area contributed by atoms with E-state index in [1.807, 2.05) is 12.1 Å². The average molecular weight is 393 g/mol. The zero-order valence-corrected chi connectivity index (χ0v) is 17.8. The van der Waals surface area contributed by atoms with Gasteiger partial charge >= 0.3 is 0 Å². The van der Waals surface area contributed by atoms with Crippen LogP contribution >= 0.6 is 11.6 Å². The lowest BCUT2D eigenvalue weighted by molar-refractivity contribution is 0.220. The summed E-state index contributed by atoms with van der Waals surface area (Å²) in [6.07, 6.45) is 3.34. The van der Waals surface area contributed by atoms with Gasteiger partial charge in [0.25, 0.3) is 0 Å². The molecule has 0 aliphatic carbocycles. The molecule has 146 valence electrons. The Labute approximate surface area is 173 Å². The summed E-state index contributed by atoms with van der Waals surface area (Å²) >= 11 is 6.65. The molecule has 0 saturated carbocycles. The largest absolute Gasteiger partial charge is 0.350 e. The van der Waals surface area contributed by atoms with Crippen LogP contribution < -0.4 is 0 Å². The predicted octanol–water partition coefficient (Wildman–Crippen LogP) is 6.43. The molecule has 1 atom stereocenters. The van der Waals surface area contributed by atoms with Gasteiger partial charge in [0.1, 0.15) is 0 Å². The number of fused-ring (bicyclic) bond motifs is 1. The van der Waals surface area contributed by atoms with Gasteiger partial charge in [0.05, 0.1) is 6.04 Å². The van der Waals surface area contributed by atoms with Crippen LogP contribution in [0, 0.1) is 0 Å². The van der Waals surface area contributed by atoms with Crippen LogP contribution in [0.1, 0.15) is 55.6 Å². The highest BCUT2D eigenvalue weighted by molar-refractivity contribution is 6.31. The van der Waals surface area contributed by atoms with Crippen molar-refractivity contribution in [2.75, 3.05) is 6.54 Å². The smallest absolute Gasteiger partial charge is 0.0773 e. The maximum absolute atomic E-state index is 6.65. The maximum Gasteiger partial charge on any atom is 0.0773 e. The van der Waals surface area contributed by atoms with Crippen molar-refractivity contribution < 1.29 is 0 Å².